The molecule has 1 saturated heterocycles. The highest BCUT2D eigenvalue weighted by molar-refractivity contribution is 8.18. The molecule has 2 aromatic rings. The Morgan fingerprint density at radius 3 is 1.55 bits per heavy atom. The van der Waals surface area contributed by atoms with Crippen molar-refractivity contribution in [3.63, 3.8) is 0 Å². The number of Topliss-reactive ketones (excluding diaryl/α,β-unsaturated/α-hetero) is 2. The van der Waals surface area contributed by atoms with Gasteiger partial charge in [0.25, 0.3) is 0 Å². The van der Waals surface area contributed by atoms with E-state index in [0.29, 0.717) is 74.7 Å². The summed E-state index contributed by atoms with van der Waals surface area (Å²) in [6, 6.07) is 14.6. The molecule has 7 atom stereocenters. The first-order valence-electron chi connectivity index (χ1n) is 27.6. The minimum absolute atomic E-state index is 0.0141. The molecular weight excluding hydrogens is 1020 g/mol. The van der Waals surface area contributed by atoms with Gasteiger partial charge < -0.3 is 14.2 Å². The maximum absolute atomic E-state index is 15.6. The van der Waals surface area contributed by atoms with Gasteiger partial charge in [0, 0.05) is 41.1 Å². The Hall–Kier alpha value is -3.34. The SMILES string of the molecule is CC(C)(C)c1ccc(-c2ccc(C(C)(C)C)cc2C2C3CC4CC2(OC(=O)C(F)(F)S(=O)(=O)O)CC(C3)C42SCC(COC(=O)C34CC5CC(C3)C(=O)C(C5)C4)(COC(=O)C34CC5CC(C3)C(=O)C(C5)C4)CS2)cc1. The molecule has 13 aliphatic rings. The molecule has 13 fully saturated rings. The Balaban J connectivity index is 0.859. The first-order valence-corrected chi connectivity index (χ1v) is 31.0. The maximum Gasteiger partial charge on any atom is 0.465 e. The molecule has 1 heterocycles. The van der Waals surface area contributed by atoms with Crippen molar-refractivity contribution >= 4 is 63.1 Å². The molecule has 0 amide bonds. The summed E-state index contributed by atoms with van der Waals surface area (Å²) in [5.41, 5.74) is 0.606. The average Bonchev–Trinajstić information content (AvgIpc) is 3.33. The lowest BCUT2D eigenvalue weighted by Gasteiger charge is -2.68. The quantitative estimate of drug-likeness (QED) is 0.128. The van der Waals surface area contributed by atoms with E-state index in [9.17, 15) is 36.9 Å². The van der Waals surface area contributed by atoms with Crippen LogP contribution in [0.3, 0.4) is 0 Å². The van der Waals surface area contributed by atoms with Gasteiger partial charge in [0.15, 0.2) is 0 Å². The molecule has 12 aliphatic carbocycles. The number of ketones is 2. The van der Waals surface area contributed by atoms with Gasteiger partial charge in [-0.2, -0.15) is 17.2 Å². The highest BCUT2D eigenvalue weighted by Crippen LogP contribution is 2.74. The lowest BCUT2D eigenvalue weighted by molar-refractivity contribution is -0.209. The van der Waals surface area contributed by atoms with E-state index in [1.807, 2.05) is 0 Å². The van der Waals surface area contributed by atoms with Gasteiger partial charge in [0.1, 0.15) is 30.4 Å². The zero-order chi connectivity index (χ0) is 53.3. The van der Waals surface area contributed by atoms with Crippen LogP contribution < -0.4 is 0 Å². The molecule has 1 aliphatic heterocycles. The summed E-state index contributed by atoms with van der Waals surface area (Å²) in [7, 11) is -6.17. The van der Waals surface area contributed by atoms with Gasteiger partial charge in [-0.05, 0) is 158 Å². The van der Waals surface area contributed by atoms with Crippen LogP contribution in [-0.2, 0) is 59.1 Å². The summed E-state index contributed by atoms with van der Waals surface area (Å²) < 4.78 is 83.7. The number of esters is 3. The largest absolute Gasteiger partial charge is 0.465 e. The van der Waals surface area contributed by atoms with E-state index >= 15 is 8.78 Å². The number of thioether (sulfide) groups is 2. The Kier molecular flexibility index (Phi) is 12.1. The van der Waals surface area contributed by atoms with Crippen molar-refractivity contribution in [3.8, 4) is 11.1 Å². The first-order chi connectivity index (χ1) is 35.1. The van der Waals surface area contributed by atoms with Crippen molar-refractivity contribution < 1.29 is 59.9 Å². The van der Waals surface area contributed by atoms with Crippen LogP contribution in [0.25, 0.3) is 11.1 Å². The minimum atomic E-state index is -6.17. The Morgan fingerprint density at radius 2 is 1.11 bits per heavy atom. The summed E-state index contributed by atoms with van der Waals surface area (Å²) in [6.07, 6.45) is 8.51. The standard InChI is InChI=1S/C59H72F2O11S3/c1-52(2,3)40-9-7-34(8-10-40)44-12-11-41(53(4,5)6)19-45(44)46-35-17-42-26-57(46,72-51(66)59(60,61)75(67,68)69)27-43(18-35)58(42)73-30-54(31-74-58,28-70-49(64)55-20-32-13-36(22-55)47(62)37(14-32)23-55)29-71-50(65)56-21-33-15-38(24-56)48(63)39(16-33)25-56/h7-12,19,32-33,35-39,42-43,46H,13-18,20-31H2,1-6H3,(H,67,68,69). The van der Waals surface area contributed by atoms with Crippen LogP contribution in [0, 0.1) is 69.5 Å². The molecule has 2 aromatic carbocycles. The molecule has 1 spiro atoms. The molecule has 406 valence electrons. The fraction of sp³-hybridized carbons (Fsp3) is 0.712. The number of ether oxygens (including phenoxy) is 3. The van der Waals surface area contributed by atoms with Crippen LogP contribution in [0.4, 0.5) is 8.78 Å². The van der Waals surface area contributed by atoms with Gasteiger partial charge in [0.2, 0.25) is 0 Å². The molecule has 12 saturated carbocycles. The Bertz CT molecular complexity index is 2730. The second kappa shape index (κ2) is 17.3. The van der Waals surface area contributed by atoms with Crippen molar-refractivity contribution in [1.29, 1.82) is 0 Å². The van der Waals surface area contributed by atoms with E-state index in [1.165, 1.54) is 0 Å². The van der Waals surface area contributed by atoms with Crippen LogP contribution in [0.5, 0.6) is 0 Å². The fourth-order valence-electron chi connectivity index (χ4n) is 17.6. The third kappa shape index (κ3) is 8.36. The van der Waals surface area contributed by atoms with Gasteiger partial charge in [-0.3, -0.25) is 23.7 Å². The average molecular weight is 1090 g/mol. The smallest absolute Gasteiger partial charge is 0.464 e. The van der Waals surface area contributed by atoms with Crippen LogP contribution in [0.2, 0.25) is 0 Å². The summed E-state index contributed by atoms with van der Waals surface area (Å²) in [6.45, 7) is 12.8. The summed E-state index contributed by atoms with van der Waals surface area (Å²) in [4.78, 5) is 69.0. The third-order valence-corrected chi connectivity index (χ3v) is 26.1. The minimum Gasteiger partial charge on any atom is -0.464 e. The molecule has 15 rings (SSSR count). The number of benzene rings is 2. The van der Waals surface area contributed by atoms with Crippen molar-refractivity contribution in [3.05, 3.63) is 59.2 Å². The van der Waals surface area contributed by atoms with Crippen LogP contribution in [0.15, 0.2) is 42.5 Å². The van der Waals surface area contributed by atoms with E-state index < -0.39 is 53.2 Å². The highest BCUT2D eigenvalue weighted by Gasteiger charge is 2.71. The molecule has 16 heteroatoms. The summed E-state index contributed by atoms with van der Waals surface area (Å²) in [5.74, 6) is -2.24. The molecule has 1 N–H and O–H groups in total. The molecule has 7 unspecified atom stereocenters. The van der Waals surface area contributed by atoms with Gasteiger partial charge in [-0.1, -0.05) is 84.0 Å². The maximum atomic E-state index is 15.6. The fourth-order valence-corrected chi connectivity index (χ4v) is 21.9. The van der Waals surface area contributed by atoms with E-state index in [4.69, 9.17) is 14.2 Å². The second-order valence-electron chi connectivity index (χ2n) is 27.8. The van der Waals surface area contributed by atoms with Gasteiger partial charge in [-0.15, -0.1) is 23.5 Å². The van der Waals surface area contributed by atoms with Gasteiger partial charge >= 0.3 is 33.3 Å². The Morgan fingerprint density at radius 1 is 0.653 bits per heavy atom. The molecule has 12 bridgehead atoms. The predicted molar refractivity (Wildman–Crippen MR) is 280 cm³/mol. The number of halogens is 2. The van der Waals surface area contributed by atoms with Crippen molar-refractivity contribution in [2.75, 3.05) is 24.7 Å². The zero-order valence-corrected chi connectivity index (χ0v) is 46.5. The van der Waals surface area contributed by atoms with Gasteiger partial charge in [0.05, 0.1) is 20.3 Å². The molecule has 0 aromatic heterocycles. The number of rotatable bonds is 11. The normalized spacial score (nSPS) is 40.3. The number of carbonyl (C=O) groups excluding carboxylic acids is 5. The number of alkyl halides is 2. The van der Waals surface area contributed by atoms with E-state index in [1.54, 1.807) is 23.5 Å². The van der Waals surface area contributed by atoms with E-state index in [0.717, 1.165) is 53.5 Å². The van der Waals surface area contributed by atoms with Crippen molar-refractivity contribution in [2.24, 2.45) is 69.5 Å². The van der Waals surface area contributed by atoms with Crippen LogP contribution in [0.1, 0.15) is 154 Å². The predicted octanol–water partition coefficient (Wildman–Crippen LogP) is 11.3. The lowest BCUT2D eigenvalue weighted by Crippen LogP contribution is -2.67. The van der Waals surface area contributed by atoms with Crippen molar-refractivity contribution in [1.82, 2.24) is 0 Å². The topological polar surface area (TPSA) is 167 Å². The van der Waals surface area contributed by atoms with E-state index in [-0.39, 0.29) is 102 Å². The van der Waals surface area contributed by atoms with Crippen LogP contribution in [-0.4, -0.2) is 82.1 Å². The third-order valence-electron chi connectivity index (χ3n) is 20.8. The number of hydrogen-bond donors (Lipinski definition) is 1. The molecule has 75 heavy (non-hydrogen) atoms. The second-order valence-corrected chi connectivity index (χ2v) is 32.1. The molecular formula is C59H72F2O11S3. The van der Waals surface area contributed by atoms with Crippen LogP contribution >= 0.6 is 23.5 Å². The van der Waals surface area contributed by atoms with Crippen molar-refractivity contribution in [2.45, 2.75) is 163 Å². The monoisotopic (exact) mass is 1090 g/mol. The van der Waals surface area contributed by atoms with E-state index in [2.05, 4.69) is 84.0 Å². The zero-order valence-electron chi connectivity index (χ0n) is 44.1. The first kappa shape index (κ1) is 52.4. The summed E-state index contributed by atoms with van der Waals surface area (Å²) in [5, 5.41) is -5.20. The molecule has 11 nitrogen and oxygen atoms in total. The van der Waals surface area contributed by atoms with Gasteiger partial charge in [-0.25, -0.2) is 4.79 Å². The highest BCUT2D eigenvalue weighted by atomic mass is 32.2. The number of hydrogen-bond acceptors (Lipinski definition) is 12. The molecule has 0 radical (unpaired) electrons. The lowest BCUT2D eigenvalue weighted by atomic mass is 9.47. The Labute approximate surface area is 448 Å². The summed E-state index contributed by atoms with van der Waals surface area (Å²) >= 11 is 3.46. The number of carbonyl (C=O) groups is 5.